The van der Waals surface area contributed by atoms with E-state index in [2.05, 4.69) is 31.0 Å². The summed E-state index contributed by atoms with van der Waals surface area (Å²) in [6, 6.07) is 6.40. The molecule has 2 aliphatic rings. The Kier molecular flexibility index (Phi) is 7.90. The highest BCUT2D eigenvalue weighted by Gasteiger charge is 2.54. The molecule has 0 radical (unpaired) electrons. The largest absolute Gasteiger partial charge is 0.497 e. The molecule has 13 nitrogen and oxygen atoms in total. The fraction of sp³-hybridized carbons (Fsp3) is 0.364. The van der Waals surface area contributed by atoms with Gasteiger partial charge < -0.3 is 14.8 Å². The lowest BCUT2D eigenvalue weighted by atomic mass is 10.0. The molecule has 16 heteroatoms. The maximum absolute atomic E-state index is 13.3. The van der Waals surface area contributed by atoms with E-state index in [-0.39, 0.29) is 24.8 Å². The van der Waals surface area contributed by atoms with Crippen molar-refractivity contribution >= 4 is 52.6 Å². The van der Waals surface area contributed by atoms with Gasteiger partial charge in [-0.15, -0.1) is 27.1 Å². The number of hydrogen-bond acceptors (Lipinski definition) is 13. The first-order valence-corrected chi connectivity index (χ1v) is 14.2. The summed E-state index contributed by atoms with van der Waals surface area (Å²) >= 11 is 4.39. The molecule has 2 amide bonds. The van der Waals surface area contributed by atoms with Crippen LogP contribution in [0.1, 0.15) is 10.6 Å². The molecular formula is C22H22N8O5S3. The molecule has 1 aromatic carbocycles. The molecule has 2 aromatic heterocycles. The zero-order valence-electron chi connectivity index (χ0n) is 20.3. The van der Waals surface area contributed by atoms with Gasteiger partial charge in [0.2, 0.25) is 5.91 Å². The van der Waals surface area contributed by atoms with Crippen LogP contribution in [0.5, 0.6) is 5.75 Å². The third-order valence-corrected chi connectivity index (χ3v) is 9.06. The molecule has 0 bridgehead atoms. The minimum atomic E-state index is -0.770. The average Bonchev–Trinajstić information content (AvgIpc) is 3.60. The van der Waals surface area contributed by atoms with E-state index in [1.54, 1.807) is 31.4 Å². The zero-order valence-corrected chi connectivity index (χ0v) is 22.7. The van der Waals surface area contributed by atoms with E-state index in [9.17, 15) is 14.4 Å². The van der Waals surface area contributed by atoms with Gasteiger partial charge in [0.1, 0.15) is 47.3 Å². The summed E-state index contributed by atoms with van der Waals surface area (Å²) in [4.78, 5) is 40.4. The van der Waals surface area contributed by atoms with Gasteiger partial charge in [0.05, 0.1) is 7.11 Å². The number of aryl methyl sites for hydroxylation is 1. The van der Waals surface area contributed by atoms with Crippen LogP contribution >= 0.6 is 34.9 Å². The molecule has 38 heavy (non-hydrogen) atoms. The number of carbonyl (C=O) groups excluding carboxylic acids is 3. The SMILES string of the molecule is COc1ccc(COC(=O)C2=C(CSc3nnc(C)s3)CS[C@@H]3[C@H](NC(=O)Cn4cnnn4)C(=O)N23)cc1. The maximum atomic E-state index is 13.3. The maximum Gasteiger partial charge on any atom is 0.355 e. The average molecular weight is 575 g/mol. The van der Waals surface area contributed by atoms with Crippen LogP contribution in [0.25, 0.3) is 0 Å². The number of β-lactam (4-membered cyclic amide) rings is 1. The van der Waals surface area contributed by atoms with E-state index >= 15 is 0 Å². The smallest absolute Gasteiger partial charge is 0.355 e. The second kappa shape index (κ2) is 11.5. The number of rotatable bonds is 10. The number of fused-ring (bicyclic) bond motifs is 1. The summed E-state index contributed by atoms with van der Waals surface area (Å²) in [5, 5.41) is 22.0. The molecule has 3 aromatic rings. The molecule has 0 saturated carbocycles. The summed E-state index contributed by atoms with van der Waals surface area (Å²) in [5.74, 6) is 0.254. The summed E-state index contributed by atoms with van der Waals surface area (Å²) < 4.78 is 12.8. The summed E-state index contributed by atoms with van der Waals surface area (Å²) in [6.07, 6.45) is 1.31. The highest BCUT2D eigenvalue weighted by Crippen LogP contribution is 2.42. The van der Waals surface area contributed by atoms with Gasteiger partial charge >= 0.3 is 5.97 Å². The van der Waals surface area contributed by atoms with E-state index in [4.69, 9.17) is 9.47 Å². The van der Waals surface area contributed by atoms with Gasteiger partial charge in [-0.2, -0.15) is 0 Å². The van der Waals surface area contributed by atoms with Crippen molar-refractivity contribution in [2.45, 2.75) is 35.8 Å². The monoisotopic (exact) mass is 574 g/mol. The Hall–Kier alpha value is -3.50. The van der Waals surface area contributed by atoms with Crippen LogP contribution in [-0.4, -0.2) is 83.1 Å². The van der Waals surface area contributed by atoms with Crippen LogP contribution in [-0.2, 0) is 32.3 Å². The first kappa shape index (κ1) is 26.1. The number of tetrazole rings is 1. The first-order chi connectivity index (χ1) is 18.4. The lowest BCUT2D eigenvalue weighted by molar-refractivity contribution is -0.153. The number of nitrogens with zero attached hydrogens (tertiary/aromatic N) is 7. The number of esters is 1. The van der Waals surface area contributed by atoms with Crippen molar-refractivity contribution in [1.29, 1.82) is 0 Å². The molecule has 198 valence electrons. The number of methoxy groups -OCH3 is 1. The summed E-state index contributed by atoms with van der Waals surface area (Å²) in [7, 11) is 1.58. The minimum Gasteiger partial charge on any atom is -0.497 e. The highest BCUT2D eigenvalue weighted by atomic mass is 32.2. The van der Waals surface area contributed by atoms with E-state index in [1.165, 1.54) is 50.8 Å². The Morgan fingerprint density at radius 2 is 2.05 bits per heavy atom. The van der Waals surface area contributed by atoms with E-state index in [0.717, 1.165) is 20.5 Å². The Labute approximate surface area is 229 Å². The van der Waals surface area contributed by atoms with Gasteiger partial charge in [0, 0.05) is 11.5 Å². The van der Waals surface area contributed by atoms with Crippen LogP contribution in [0, 0.1) is 6.92 Å². The number of carbonyl (C=O) groups is 3. The topological polar surface area (TPSA) is 154 Å². The van der Waals surface area contributed by atoms with E-state index in [1.807, 2.05) is 6.92 Å². The standard InChI is InChI=1S/C22H22N8O5S3/c1-12-25-26-22(38-12)37-10-14-9-36-20-17(24-16(31)7-29-11-23-27-28-29)19(32)30(20)18(14)21(33)35-8-13-3-5-15(34-2)6-4-13/h3-6,11,17,20H,7-10H2,1-2H3,(H,24,31)/t17-,20-/m1/s1. The minimum absolute atomic E-state index is 0.0360. The Morgan fingerprint density at radius 1 is 1.24 bits per heavy atom. The fourth-order valence-corrected chi connectivity index (χ4v) is 7.13. The normalized spacial score (nSPS) is 18.6. The number of aromatic nitrogens is 6. The van der Waals surface area contributed by atoms with E-state index < -0.39 is 23.3 Å². The van der Waals surface area contributed by atoms with Gasteiger partial charge in [0.15, 0.2) is 4.34 Å². The Bertz CT molecular complexity index is 1360. The molecular weight excluding hydrogens is 552 g/mol. The predicted molar refractivity (Wildman–Crippen MR) is 138 cm³/mol. The van der Waals surface area contributed by atoms with Crippen molar-refractivity contribution in [2.24, 2.45) is 0 Å². The van der Waals surface area contributed by atoms with E-state index in [0.29, 0.717) is 17.3 Å². The lowest BCUT2D eigenvalue weighted by Gasteiger charge is -2.49. The predicted octanol–water partition coefficient (Wildman–Crippen LogP) is 1.03. The van der Waals surface area contributed by atoms with Crippen molar-refractivity contribution < 1.29 is 23.9 Å². The summed E-state index contributed by atoms with van der Waals surface area (Å²) in [6.45, 7) is 1.79. The molecule has 2 aliphatic heterocycles. The van der Waals surface area contributed by atoms with Crippen LogP contribution in [0.2, 0.25) is 0 Å². The lowest BCUT2D eigenvalue weighted by Crippen LogP contribution is -2.70. The third-order valence-electron chi connectivity index (χ3n) is 5.66. The van der Waals surface area contributed by atoms with Crippen molar-refractivity contribution in [3.05, 3.63) is 52.4 Å². The molecule has 1 fully saturated rings. The molecule has 0 spiro atoms. The van der Waals surface area contributed by atoms with Crippen molar-refractivity contribution in [3.63, 3.8) is 0 Å². The number of benzene rings is 1. The molecule has 1 saturated heterocycles. The van der Waals surface area contributed by atoms with Gasteiger partial charge in [-0.1, -0.05) is 35.2 Å². The molecule has 1 N–H and O–H groups in total. The molecule has 0 unspecified atom stereocenters. The van der Waals surface area contributed by atoms with Crippen molar-refractivity contribution in [1.82, 2.24) is 40.6 Å². The van der Waals surface area contributed by atoms with Gasteiger partial charge in [-0.05, 0) is 40.6 Å². The Balaban J connectivity index is 1.31. The van der Waals surface area contributed by atoms with Crippen molar-refractivity contribution in [2.75, 3.05) is 18.6 Å². The molecule has 4 heterocycles. The fourth-order valence-electron chi connectivity index (χ4n) is 3.83. The number of nitrogens with one attached hydrogen (secondary N) is 1. The number of ether oxygens (including phenoxy) is 2. The third kappa shape index (κ3) is 5.66. The van der Waals surface area contributed by atoms with Crippen LogP contribution in [0.15, 0.2) is 46.2 Å². The molecule has 5 rings (SSSR count). The van der Waals surface area contributed by atoms with Crippen LogP contribution in [0.4, 0.5) is 0 Å². The van der Waals surface area contributed by atoms with Crippen LogP contribution in [0.3, 0.4) is 0 Å². The quantitative estimate of drug-likeness (QED) is 0.209. The van der Waals surface area contributed by atoms with Gasteiger partial charge in [0.25, 0.3) is 5.91 Å². The summed E-state index contributed by atoms with van der Waals surface area (Å²) in [5.41, 5.74) is 1.76. The zero-order chi connectivity index (χ0) is 26.6. The number of hydrogen-bond donors (Lipinski definition) is 1. The Morgan fingerprint density at radius 3 is 2.74 bits per heavy atom. The highest BCUT2D eigenvalue weighted by molar-refractivity contribution is 8.01. The second-order valence-electron chi connectivity index (χ2n) is 8.21. The number of amides is 2. The molecule has 0 aliphatic carbocycles. The van der Waals surface area contributed by atoms with Crippen molar-refractivity contribution in [3.8, 4) is 5.75 Å². The molecule has 2 atom stereocenters. The number of thioether (sulfide) groups is 2. The van der Waals surface area contributed by atoms with Gasteiger partial charge in [-0.3, -0.25) is 14.5 Å². The first-order valence-electron chi connectivity index (χ1n) is 11.3. The second-order valence-corrected chi connectivity index (χ2v) is 11.7. The van der Waals surface area contributed by atoms with Crippen LogP contribution < -0.4 is 10.1 Å². The van der Waals surface area contributed by atoms with Gasteiger partial charge in [-0.25, -0.2) is 9.48 Å².